The van der Waals surface area contributed by atoms with Crippen LogP contribution < -0.4 is 0 Å². The third kappa shape index (κ3) is 55.1. The first-order valence-electron chi connectivity index (χ1n) is 28.7. The van der Waals surface area contributed by atoms with Crippen molar-refractivity contribution in [2.75, 3.05) is 13.2 Å². The van der Waals surface area contributed by atoms with E-state index in [1.54, 1.807) is 0 Å². The van der Waals surface area contributed by atoms with E-state index < -0.39 is 6.10 Å². The molecule has 0 aliphatic heterocycles. The Morgan fingerprint density at radius 2 is 0.594 bits per heavy atom. The fourth-order valence-corrected chi connectivity index (χ4v) is 7.79. The summed E-state index contributed by atoms with van der Waals surface area (Å²) in [5.41, 5.74) is 0. The molecule has 0 spiro atoms. The van der Waals surface area contributed by atoms with Crippen LogP contribution in [0.5, 0.6) is 0 Å². The topological polar surface area (TPSA) is 78.9 Å². The average Bonchev–Trinajstić information content (AvgIpc) is 3.35. The summed E-state index contributed by atoms with van der Waals surface area (Å²) in [4.78, 5) is 38.1. The maximum Gasteiger partial charge on any atom is 0.306 e. The van der Waals surface area contributed by atoms with Crippen LogP contribution in [0.25, 0.3) is 0 Å². The van der Waals surface area contributed by atoms with Gasteiger partial charge in [-0.2, -0.15) is 0 Å². The molecular formula is C63H106O6. The molecule has 0 bridgehead atoms. The zero-order valence-corrected chi connectivity index (χ0v) is 45.0. The van der Waals surface area contributed by atoms with Crippen molar-refractivity contribution >= 4 is 17.9 Å². The van der Waals surface area contributed by atoms with Crippen molar-refractivity contribution in [1.29, 1.82) is 0 Å². The Morgan fingerprint density at radius 3 is 1.00 bits per heavy atom. The summed E-state index contributed by atoms with van der Waals surface area (Å²) >= 11 is 0. The molecule has 0 aromatic carbocycles. The van der Waals surface area contributed by atoms with Crippen molar-refractivity contribution in [1.82, 2.24) is 0 Å². The van der Waals surface area contributed by atoms with Crippen molar-refractivity contribution < 1.29 is 28.6 Å². The van der Waals surface area contributed by atoms with Crippen molar-refractivity contribution in [3.05, 3.63) is 97.2 Å². The summed E-state index contributed by atoms with van der Waals surface area (Å²) in [5.74, 6) is -1.00. The van der Waals surface area contributed by atoms with Crippen LogP contribution in [0.15, 0.2) is 97.2 Å². The van der Waals surface area contributed by atoms with Gasteiger partial charge in [0.05, 0.1) is 0 Å². The summed E-state index contributed by atoms with van der Waals surface area (Å²) in [5, 5.41) is 0. The van der Waals surface area contributed by atoms with Gasteiger partial charge in [0.1, 0.15) is 13.2 Å². The molecule has 0 fully saturated rings. The second-order valence-corrected chi connectivity index (χ2v) is 18.8. The van der Waals surface area contributed by atoms with Gasteiger partial charge in [-0.15, -0.1) is 0 Å². The number of ether oxygens (including phenoxy) is 3. The first-order valence-corrected chi connectivity index (χ1v) is 28.7. The van der Waals surface area contributed by atoms with E-state index in [-0.39, 0.29) is 37.5 Å². The summed E-state index contributed by atoms with van der Waals surface area (Å²) < 4.78 is 16.8. The second-order valence-electron chi connectivity index (χ2n) is 18.8. The lowest BCUT2D eigenvalue weighted by molar-refractivity contribution is -0.166. The minimum atomic E-state index is -0.814. The Morgan fingerprint density at radius 1 is 0.304 bits per heavy atom. The first kappa shape index (κ1) is 65.3. The summed E-state index contributed by atoms with van der Waals surface area (Å²) in [7, 11) is 0. The number of esters is 3. The monoisotopic (exact) mass is 959 g/mol. The van der Waals surface area contributed by atoms with E-state index in [9.17, 15) is 14.4 Å². The molecule has 0 aromatic rings. The van der Waals surface area contributed by atoms with Crippen LogP contribution in [0.4, 0.5) is 0 Å². The molecule has 0 rings (SSSR count). The van der Waals surface area contributed by atoms with E-state index in [0.717, 1.165) is 103 Å². The molecule has 0 unspecified atom stereocenters. The Bertz CT molecular complexity index is 1380. The standard InChI is InChI=1S/C63H106O6/c1-4-7-10-13-16-19-22-25-28-30-31-33-35-38-41-44-47-50-53-56-62(65)68-59-60(58-67-61(64)55-52-49-46-43-40-37-34-27-24-21-18-15-12-9-6-3)69-63(66)57-54-51-48-45-42-39-36-32-29-26-23-20-17-14-11-8-5-2/h9,12,16,18-19,21,25,27-28,31,33-34,38,41,47,50,60H,4-8,10-11,13-15,17,20,22-24,26,29-30,32,35-37,39-40,42-46,48-49,51-59H2,1-3H3/b12-9-,19-16-,21-18-,28-25-,33-31-,34-27-,41-38-,50-47-/t60-/m1/s1. The molecular weight excluding hydrogens is 853 g/mol. The molecule has 69 heavy (non-hydrogen) atoms. The molecule has 1 atom stereocenters. The van der Waals surface area contributed by atoms with Gasteiger partial charge in [-0.25, -0.2) is 0 Å². The maximum absolute atomic E-state index is 12.9. The SMILES string of the molecule is CC/C=C\C/C=C\C/C=C\CCCCCCCC(=O)OC[C@H](COC(=O)CC/C=C\C/C=C\C/C=C\C/C=C\C/C=C\CCCCC)OC(=O)CCCCCCCCCCCCCCCCCCC. The van der Waals surface area contributed by atoms with Gasteiger partial charge < -0.3 is 14.2 Å². The van der Waals surface area contributed by atoms with Gasteiger partial charge in [0, 0.05) is 19.3 Å². The summed E-state index contributed by atoms with van der Waals surface area (Å²) in [6.07, 6.45) is 75.5. The Hall–Kier alpha value is -3.67. The van der Waals surface area contributed by atoms with E-state index >= 15 is 0 Å². The van der Waals surface area contributed by atoms with Gasteiger partial charge >= 0.3 is 17.9 Å². The molecule has 0 N–H and O–H groups in total. The fourth-order valence-electron chi connectivity index (χ4n) is 7.79. The Balaban J connectivity index is 4.51. The fraction of sp³-hybridized carbons (Fsp3) is 0.698. The minimum Gasteiger partial charge on any atom is -0.462 e. The van der Waals surface area contributed by atoms with Gasteiger partial charge in [0.15, 0.2) is 6.10 Å². The van der Waals surface area contributed by atoms with E-state index in [1.807, 2.05) is 6.08 Å². The maximum atomic E-state index is 12.9. The van der Waals surface area contributed by atoms with Gasteiger partial charge in [-0.1, -0.05) is 253 Å². The minimum absolute atomic E-state index is 0.108. The number of allylic oxidation sites excluding steroid dienone is 16. The normalized spacial score (nSPS) is 12.8. The van der Waals surface area contributed by atoms with Crippen LogP contribution in [0.1, 0.15) is 265 Å². The smallest absolute Gasteiger partial charge is 0.306 e. The predicted octanol–water partition coefficient (Wildman–Crippen LogP) is 19.3. The van der Waals surface area contributed by atoms with Crippen LogP contribution in [-0.4, -0.2) is 37.2 Å². The highest BCUT2D eigenvalue weighted by atomic mass is 16.6. The molecule has 394 valence electrons. The summed E-state index contributed by atoms with van der Waals surface area (Å²) in [6.45, 7) is 6.44. The number of rotatable bonds is 51. The average molecular weight is 960 g/mol. The van der Waals surface area contributed by atoms with Crippen LogP contribution in [-0.2, 0) is 28.6 Å². The number of unbranched alkanes of at least 4 members (excludes halogenated alkanes) is 24. The lowest BCUT2D eigenvalue weighted by atomic mass is 10.0. The van der Waals surface area contributed by atoms with Crippen molar-refractivity contribution in [2.24, 2.45) is 0 Å². The third-order valence-corrected chi connectivity index (χ3v) is 12.1. The third-order valence-electron chi connectivity index (χ3n) is 12.1. The van der Waals surface area contributed by atoms with Crippen LogP contribution in [0.3, 0.4) is 0 Å². The predicted molar refractivity (Wildman–Crippen MR) is 297 cm³/mol. The van der Waals surface area contributed by atoms with Gasteiger partial charge in [0.25, 0.3) is 0 Å². The second kappa shape index (κ2) is 56.9. The lowest BCUT2D eigenvalue weighted by Crippen LogP contribution is -2.30. The molecule has 6 nitrogen and oxygen atoms in total. The molecule has 0 aliphatic carbocycles. The van der Waals surface area contributed by atoms with E-state index in [0.29, 0.717) is 19.3 Å². The Kier molecular flexibility index (Phi) is 53.9. The van der Waals surface area contributed by atoms with Crippen LogP contribution in [0, 0.1) is 0 Å². The largest absolute Gasteiger partial charge is 0.462 e. The Labute approximate surface area is 426 Å². The zero-order chi connectivity index (χ0) is 50.0. The zero-order valence-electron chi connectivity index (χ0n) is 45.0. The molecule has 0 saturated heterocycles. The van der Waals surface area contributed by atoms with Crippen molar-refractivity contribution in [2.45, 2.75) is 271 Å². The number of carbonyl (C=O) groups is 3. The van der Waals surface area contributed by atoms with Crippen LogP contribution >= 0.6 is 0 Å². The quantitative estimate of drug-likeness (QED) is 0.0262. The van der Waals surface area contributed by atoms with Crippen LogP contribution in [0.2, 0.25) is 0 Å². The molecule has 0 amide bonds. The van der Waals surface area contributed by atoms with Gasteiger partial charge in [0.2, 0.25) is 0 Å². The number of hydrogen-bond donors (Lipinski definition) is 0. The van der Waals surface area contributed by atoms with E-state index in [4.69, 9.17) is 14.2 Å². The highest BCUT2D eigenvalue weighted by molar-refractivity contribution is 5.71. The highest BCUT2D eigenvalue weighted by Gasteiger charge is 2.19. The molecule has 6 heteroatoms. The lowest BCUT2D eigenvalue weighted by Gasteiger charge is -2.18. The van der Waals surface area contributed by atoms with Crippen molar-refractivity contribution in [3.8, 4) is 0 Å². The molecule has 0 aromatic heterocycles. The molecule has 0 heterocycles. The van der Waals surface area contributed by atoms with E-state index in [2.05, 4.69) is 112 Å². The summed E-state index contributed by atoms with van der Waals surface area (Å²) in [6, 6.07) is 0. The van der Waals surface area contributed by atoms with E-state index in [1.165, 1.54) is 116 Å². The number of hydrogen-bond acceptors (Lipinski definition) is 6. The van der Waals surface area contributed by atoms with Crippen molar-refractivity contribution in [3.63, 3.8) is 0 Å². The van der Waals surface area contributed by atoms with Gasteiger partial charge in [-0.05, 0) is 89.9 Å². The molecule has 0 saturated carbocycles. The van der Waals surface area contributed by atoms with Gasteiger partial charge in [-0.3, -0.25) is 14.4 Å². The highest BCUT2D eigenvalue weighted by Crippen LogP contribution is 2.15. The molecule has 0 radical (unpaired) electrons. The number of carbonyl (C=O) groups excluding carboxylic acids is 3. The molecule has 0 aliphatic rings. The first-order chi connectivity index (χ1) is 34.0.